The van der Waals surface area contributed by atoms with Gasteiger partial charge in [-0.15, -0.1) is 0 Å². The number of aliphatic hydroxyl groups is 1. The number of fused-ring (bicyclic) bond motifs is 1. The van der Waals surface area contributed by atoms with Crippen LogP contribution in [0.5, 0.6) is 5.75 Å². The average molecular weight is 296 g/mol. The molecule has 0 aliphatic carbocycles. The third kappa shape index (κ3) is 2.71. The molecule has 1 heterocycles. The van der Waals surface area contributed by atoms with E-state index in [1.54, 1.807) is 12.1 Å². The smallest absolute Gasteiger partial charge is 0.116 e. The number of rotatable bonds is 5. The van der Waals surface area contributed by atoms with Gasteiger partial charge < -0.3 is 20.1 Å². The van der Waals surface area contributed by atoms with Gasteiger partial charge in [-0.25, -0.2) is 0 Å². The molecule has 3 rings (SSSR count). The van der Waals surface area contributed by atoms with Crippen LogP contribution >= 0.6 is 0 Å². The summed E-state index contributed by atoms with van der Waals surface area (Å²) in [6, 6.07) is 17.0. The number of aliphatic hydroxyl groups excluding tert-OH is 1. The summed E-state index contributed by atoms with van der Waals surface area (Å²) in [4.78, 5) is 0. The topological polar surface area (TPSA) is 57.4 Å². The largest absolute Gasteiger partial charge is 0.508 e. The van der Waals surface area contributed by atoms with E-state index in [0.717, 1.165) is 16.5 Å². The van der Waals surface area contributed by atoms with Crippen LogP contribution in [0, 0.1) is 0 Å². The number of nitrogens with zero attached hydrogens (tertiary/aromatic N) is 1. The zero-order valence-corrected chi connectivity index (χ0v) is 12.5. The Kier molecular flexibility index (Phi) is 4.13. The molecule has 3 N–H and O–H groups in total. The molecule has 22 heavy (non-hydrogen) atoms. The molecule has 114 valence electrons. The Morgan fingerprint density at radius 2 is 1.86 bits per heavy atom. The summed E-state index contributed by atoms with van der Waals surface area (Å²) in [6.07, 6.45) is 1.40. The fraction of sp³-hybridized carbons (Fsp3) is 0.222. The maximum absolute atomic E-state index is 10.6. The van der Waals surface area contributed by atoms with E-state index in [2.05, 4.69) is 9.88 Å². The van der Waals surface area contributed by atoms with Gasteiger partial charge in [-0.1, -0.05) is 30.3 Å². The van der Waals surface area contributed by atoms with E-state index >= 15 is 0 Å². The lowest BCUT2D eigenvalue weighted by atomic mass is 10.0. The van der Waals surface area contributed by atoms with Crippen molar-refractivity contribution in [2.24, 2.45) is 0 Å². The number of aromatic hydroxyl groups is 1. The van der Waals surface area contributed by atoms with E-state index in [4.69, 9.17) is 0 Å². The molecule has 0 spiro atoms. The summed E-state index contributed by atoms with van der Waals surface area (Å²) in [6.45, 7) is 0.497. The van der Waals surface area contributed by atoms with Crippen molar-refractivity contribution in [3.05, 3.63) is 66.4 Å². The number of nitrogens with one attached hydrogen (secondary N) is 1. The number of likely N-dealkylation sites (N-methyl/N-ethyl adjacent to an activating group) is 1. The predicted molar refractivity (Wildman–Crippen MR) is 88.1 cm³/mol. The lowest BCUT2D eigenvalue weighted by Crippen LogP contribution is -2.33. The maximum atomic E-state index is 10.6. The second kappa shape index (κ2) is 6.22. The van der Waals surface area contributed by atoms with E-state index in [1.807, 2.05) is 55.7 Å². The highest BCUT2D eigenvalue weighted by Gasteiger charge is 2.23. The molecular weight excluding hydrogens is 276 g/mol. The standard InChI is InChI=1S/C18H20N2O2/c1-19-12-17(22)18(13-5-3-2-4-6-13)20-10-9-14-11-15(21)7-8-16(14)20/h2-11,17-19,21-22H,12H2,1H3/t17-,18+/m1/s1. The quantitative estimate of drug-likeness (QED) is 0.678. The second-order valence-electron chi connectivity index (χ2n) is 5.45. The number of hydrogen-bond acceptors (Lipinski definition) is 3. The minimum absolute atomic E-state index is 0.185. The van der Waals surface area contributed by atoms with Crippen molar-refractivity contribution in [1.29, 1.82) is 0 Å². The number of hydrogen-bond donors (Lipinski definition) is 3. The fourth-order valence-electron chi connectivity index (χ4n) is 2.93. The van der Waals surface area contributed by atoms with E-state index < -0.39 is 6.10 Å². The summed E-state index contributed by atoms with van der Waals surface area (Å²) in [5.74, 6) is 0.247. The highest BCUT2D eigenvalue weighted by atomic mass is 16.3. The Hall–Kier alpha value is -2.30. The minimum Gasteiger partial charge on any atom is -0.508 e. The molecule has 0 bridgehead atoms. The van der Waals surface area contributed by atoms with E-state index in [9.17, 15) is 10.2 Å². The molecule has 0 aliphatic heterocycles. The van der Waals surface area contributed by atoms with Crippen molar-refractivity contribution in [3.8, 4) is 5.75 Å². The van der Waals surface area contributed by atoms with E-state index in [0.29, 0.717) is 6.54 Å². The van der Waals surface area contributed by atoms with Crippen LogP contribution in [0.15, 0.2) is 60.8 Å². The number of phenols is 1. The van der Waals surface area contributed by atoms with Crippen molar-refractivity contribution in [1.82, 2.24) is 9.88 Å². The van der Waals surface area contributed by atoms with Crippen LogP contribution in [0.25, 0.3) is 10.9 Å². The highest BCUT2D eigenvalue weighted by molar-refractivity contribution is 5.82. The van der Waals surface area contributed by atoms with Crippen LogP contribution in [-0.4, -0.2) is 34.5 Å². The first kappa shape index (κ1) is 14.6. The first-order chi connectivity index (χ1) is 10.7. The number of aromatic nitrogens is 1. The van der Waals surface area contributed by atoms with Gasteiger partial charge >= 0.3 is 0 Å². The highest BCUT2D eigenvalue weighted by Crippen LogP contribution is 2.29. The van der Waals surface area contributed by atoms with Gasteiger partial charge in [0.15, 0.2) is 0 Å². The molecule has 0 fully saturated rings. The third-order valence-corrected chi connectivity index (χ3v) is 3.92. The van der Waals surface area contributed by atoms with Gasteiger partial charge in [0.1, 0.15) is 5.75 Å². The van der Waals surface area contributed by atoms with Crippen LogP contribution in [0.1, 0.15) is 11.6 Å². The molecule has 0 saturated heterocycles. The molecule has 0 aliphatic rings. The first-order valence-electron chi connectivity index (χ1n) is 7.38. The molecule has 0 saturated carbocycles. The molecule has 2 atom stereocenters. The van der Waals surface area contributed by atoms with Crippen LogP contribution in [-0.2, 0) is 0 Å². The molecule has 1 aromatic heterocycles. The first-order valence-corrected chi connectivity index (χ1v) is 7.38. The van der Waals surface area contributed by atoms with Gasteiger partial charge in [-0.3, -0.25) is 0 Å². The Labute approximate surface area is 129 Å². The monoisotopic (exact) mass is 296 g/mol. The molecule has 4 heteroatoms. The minimum atomic E-state index is -0.559. The van der Waals surface area contributed by atoms with Crippen LogP contribution in [0.3, 0.4) is 0 Å². The van der Waals surface area contributed by atoms with Crippen molar-refractivity contribution >= 4 is 10.9 Å². The predicted octanol–water partition coefficient (Wildman–Crippen LogP) is 2.52. The summed E-state index contributed by atoms with van der Waals surface area (Å²) in [5, 5.41) is 24.2. The molecule has 4 nitrogen and oxygen atoms in total. The molecule has 0 unspecified atom stereocenters. The van der Waals surface area contributed by atoms with Crippen LogP contribution < -0.4 is 5.32 Å². The SMILES string of the molecule is CNC[C@@H](O)[C@H](c1ccccc1)n1ccc2cc(O)ccc21. The molecule has 2 aromatic carbocycles. The zero-order valence-electron chi connectivity index (χ0n) is 12.5. The van der Waals surface area contributed by atoms with E-state index in [1.165, 1.54) is 0 Å². The Bertz CT molecular complexity index is 752. The van der Waals surface area contributed by atoms with Gasteiger partial charge in [0, 0.05) is 23.6 Å². The van der Waals surface area contributed by atoms with Crippen molar-refractivity contribution < 1.29 is 10.2 Å². The maximum Gasteiger partial charge on any atom is 0.116 e. The second-order valence-corrected chi connectivity index (χ2v) is 5.45. The summed E-state index contributed by atoms with van der Waals surface area (Å²) >= 11 is 0. The van der Waals surface area contributed by atoms with E-state index in [-0.39, 0.29) is 11.8 Å². The lowest BCUT2D eigenvalue weighted by Gasteiger charge is -2.26. The molecule has 0 radical (unpaired) electrons. The zero-order chi connectivity index (χ0) is 15.5. The van der Waals surface area contributed by atoms with Crippen molar-refractivity contribution in [3.63, 3.8) is 0 Å². The van der Waals surface area contributed by atoms with Gasteiger partial charge in [0.25, 0.3) is 0 Å². The van der Waals surface area contributed by atoms with Gasteiger partial charge in [-0.05, 0) is 36.9 Å². The molecule has 3 aromatic rings. The van der Waals surface area contributed by atoms with Crippen LogP contribution in [0.2, 0.25) is 0 Å². The summed E-state index contributed by atoms with van der Waals surface area (Å²) < 4.78 is 2.06. The number of benzene rings is 2. The summed E-state index contributed by atoms with van der Waals surface area (Å²) in [7, 11) is 1.83. The third-order valence-electron chi connectivity index (χ3n) is 3.92. The number of phenolic OH excluding ortho intramolecular Hbond substituents is 1. The summed E-state index contributed by atoms with van der Waals surface area (Å²) in [5.41, 5.74) is 2.04. The fourth-order valence-corrected chi connectivity index (χ4v) is 2.93. The van der Waals surface area contributed by atoms with Gasteiger partial charge in [0.2, 0.25) is 0 Å². The average Bonchev–Trinajstić information content (AvgIpc) is 2.92. The van der Waals surface area contributed by atoms with Crippen molar-refractivity contribution in [2.45, 2.75) is 12.1 Å². The van der Waals surface area contributed by atoms with Crippen molar-refractivity contribution in [2.75, 3.05) is 13.6 Å². The lowest BCUT2D eigenvalue weighted by molar-refractivity contribution is 0.132. The van der Waals surface area contributed by atoms with Gasteiger partial charge in [0.05, 0.1) is 12.1 Å². The van der Waals surface area contributed by atoms with Gasteiger partial charge in [-0.2, -0.15) is 0 Å². The Morgan fingerprint density at radius 3 is 2.59 bits per heavy atom. The Balaban J connectivity index is 2.11. The Morgan fingerprint density at radius 1 is 1.09 bits per heavy atom. The normalized spacial score (nSPS) is 14.1. The molecule has 0 amide bonds. The van der Waals surface area contributed by atoms with Crippen LogP contribution in [0.4, 0.5) is 0 Å². The molecular formula is C18H20N2O2.